The molecule has 1 aromatic carbocycles. The number of amides is 3. The Morgan fingerprint density at radius 3 is 2.22 bits per heavy atom. The molecule has 1 saturated carbocycles. The third-order valence-corrected chi connectivity index (χ3v) is 8.75. The molecule has 1 aliphatic carbocycles. The average Bonchev–Trinajstić information content (AvgIpc) is 3.46. The van der Waals surface area contributed by atoms with Crippen LogP contribution >= 0.6 is 0 Å². The van der Waals surface area contributed by atoms with Gasteiger partial charge >= 0.3 is 5.97 Å². The van der Waals surface area contributed by atoms with Crippen LogP contribution in [0.25, 0.3) is 0 Å². The van der Waals surface area contributed by atoms with Gasteiger partial charge in [0.25, 0.3) is 0 Å². The van der Waals surface area contributed by atoms with E-state index in [1.807, 2.05) is 37.4 Å². The summed E-state index contributed by atoms with van der Waals surface area (Å²) in [6.07, 6.45) is 13.6. The number of benzene rings is 1. The van der Waals surface area contributed by atoms with E-state index in [0.717, 1.165) is 69.3 Å². The van der Waals surface area contributed by atoms with Crippen LogP contribution in [0, 0.1) is 12.8 Å². The van der Waals surface area contributed by atoms with Crippen molar-refractivity contribution in [3.05, 3.63) is 53.6 Å². The van der Waals surface area contributed by atoms with Crippen molar-refractivity contribution in [1.82, 2.24) is 25.5 Å². The number of aliphatic carboxylic acids is 1. The number of nitrogens with one attached hydrogen (secondary N) is 3. The summed E-state index contributed by atoms with van der Waals surface area (Å²) < 4.78 is 2.13. The standard InChI is InChI=1S/C34H52N6O6/c1-24-36-18-20-40(24)19-8-6-9-25-13-15-27(16-14-25)22-31(42)37-30(23-41)33(44)38-28(12-5-7-17-35)32(43)39-29(34(45)46)21-26-10-3-2-4-11-26/h13-16,18,20,26,28-30,41H,2-12,17,19,21-23,35H2,1H3,(H,37,42)(H,38,44)(H,39,43)(H,45,46)/t28-,29+,30-/m0/s1. The van der Waals surface area contributed by atoms with Gasteiger partial charge in [0.15, 0.2) is 0 Å². The summed E-state index contributed by atoms with van der Waals surface area (Å²) in [5.74, 6) is -1.64. The van der Waals surface area contributed by atoms with Crippen molar-refractivity contribution in [2.75, 3.05) is 13.2 Å². The summed E-state index contributed by atoms with van der Waals surface area (Å²) in [7, 11) is 0. The first-order chi connectivity index (χ1) is 22.2. The quantitative estimate of drug-likeness (QED) is 0.119. The first-order valence-corrected chi connectivity index (χ1v) is 16.7. The Morgan fingerprint density at radius 2 is 1.59 bits per heavy atom. The van der Waals surface area contributed by atoms with Crippen molar-refractivity contribution in [3.8, 4) is 0 Å². The molecule has 0 spiro atoms. The Morgan fingerprint density at radius 1 is 0.913 bits per heavy atom. The molecule has 1 heterocycles. The minimum atomic E-state index is -1.27. The predicted molar refractivity (Wildman–Crippen MR) is 175 cm³/mol. The van der Waals surface area contributed by atoms with E-state index in [1.54, 1.807) is 6.20 Å². The molecule has 12 heteroatoms. The smallest absolute Gasteiger partial charge is 0.326 e. The number of hydrogen-bond acceptors (Lipinski definition) is 7. The molecule has 0 unspecified atom stereocenters. The number of imidazole rings is 1. The maximum Gasteiger partial charge on any atom is 0.326 e. The summed E-state index contributed by atoms with van der Waals surface area (Å²) in [5, 5.41) is 27.5. The maximum atomic E-state index is 13.2. The molecule has 254 valence electrons. The summed E-state index contributed by atoms with van der Waals surface area (Å²) in [5.41, 5.74) is 7.55. The molecule has 0 radical (unpaired) electrons. The van der Waals surface area contributed by atoms with Crippen LogP contribution in [-0.4, -0.2) is 74.7 Å². The highest BCUT2D eigenvalue weighted by Gasteiger charge is 2.31. The Kier molecular flexibility index (Phi) is 15.7. The molecular formula is C34H52N6O6. The highest BCUT2D eigenvalue weighted by Crippen LogP contribution is 2.27. The lowest BCUT2D eigenvalue weighted by atomic mass is 9.84. The van der Waals surface area contributed by atoms with Gasteiger partial charge in [-0.25, -0.2) is 9.78 Å². The molecule has 1 fully saturated rings. The fraction of sp³-hybridized carbons (Fsp3) is 0.618. The Hall–Kier alpha value is -3.77. The molecule has 7 N–H and O–H groups in total. The van der Waals surface area contributed by atoms with E-state index in [-0.39, 0.29) is 18.8 Å². The van der Waals surface area contributed by atoms with Gasteiger partial charge in [-0.2, -0.15) is 0 Å². The minimum absolute atomic E-state index is 0.0197. The lowest BCUT2D eigenvalue weighted by Crippen LogP contribution is -2.56. The van der Waals surface area contributed by atoms with Crippen molar-refractivity contribution in [2.24, 2.45) is 11.7 Å². The molecule has 3 rings (SSSR count). The number of unbranched alkanes of at least 4 members (excludes halogenated alkanes) is 2. The van der Waals surface area contributed by atoms with Crippen molar-refractivity contribution in [1.29, 1.82) is 0 Å². The van der Waals surface area contributed by atoms with Gasteiger partial charge in [0, 0.05) is 18.9 Å². The summed E-state index contributed by atoms with van der Waals surface area (Å²) in [4.78, 5) is 55.3. The van der Waals surface area contributed by atoms with Crippen LogP contribution in [0.1, 0.15) is 87.6 Å². The van der Waals surface area contributed by atoms with Crippen LogP contribution in [0.2, 0.25) is 0 Å². The summed E-state index contributed by atoms with van der Waals surface area (Å²) in [6, 6.07) is 4.38. The van der Waals surface area contributed by atoms with E-state index in [2.05, 4.69) is 25.5 Å². The molecule has 1 aliphatic rings. The molecule has 46 heavy (non-hydrogen) atoms. The number of aliphatic hydroxyl groups excluding tert-OH is 1. The summed E-state index contributed by atoms with van der Waals surface area (Å²) >= 11 is 0. The van der Waals surface area contributed by atoms with Crippen LogP contribution in [-0.2, 0) is 38.6 Å². The summed E-state index contributed by atoms with van der Waals surface area (Å²) in [6.45, 7) is 2.66. The van der Waals surface area contributed by atoms with Gasteiger partial charge in [0.2, 0.25) is 17.7 Å². The Labute approximate surface area is 271 Å². The Balaban J connectivity index is 1.50. The predicted octanol–water partition coefficient (Wildman–Crippen LogP) is 2.39. The zero-order valence-electron chi connectivity index (χ0n) is 27.1. The second-order valence-corrected chi connectivity index (χ2v) is 12.4. The zero-order chi connectivity index (χ0) is 33.3. The highest BCUT2D eigenvalue weighted by atomic mass is 16.4. The number of carbonyl (C=O) groups is 4. The molecule has 3 atom stereocenters. The third kappa shape index (κ3) is 12.6. The van der Waals surface area contributed by atoms with Crippen molar-refractivity contribution in [3.63, 3.8) is 0 Å². The maximum absolute atomic E-state index is 13.2. The van der Waals surface area contributed by atoms with Crippen LogP contribution < -0.4 is 21.7 Å². The SMILES string of the molecule is Cc1nccn1CCCCc1ccc(CC(=O)N[C@@H](CO)C(=O)N[C@@H](CCCCN)C(=O)N[C@H](CC2CCCCC2)C(=O)O)cc1. The normalized spacial score (nSPS) is 15.5. The van der Waals surface area contributed by atoms with Gasteiger partial charge in [0.1, 0.15) is 23.9 Å². The van der Waals surface area contributed by atoms with Gasteiger partial charge in [-0.05, 0) is 75.5 Å². The second-order valence-electron chi connectivity index (χ2n) is 12.4. The molecule has 0 bridgehead atoms. The lowest BCUT2D eigenvalue weighted by Gasteiger charge is -2.27. The van der Waals surface area contributed by atoms with Gasteiger partial charge < -0.3 is 36.5 Å². The van der Waals surface area contributed by atoms with Crippen molar-refractivity contribution >= 4 is 23.7 Å². The third-order valence-electron chi connectivity index (χ3n) is 8.75. The number of nitrogens with two attached hydrogens (primary N) is 1. The van der Waals surface area contributed by atoms with Crippen LogP contribution in [0.15, 0.2) is 36.7 Å². The Bertz CT molecular complexity index is 1240. The number of carboxylic acid groups (broad SMARTS) is 1. The highest BCUT2D eigenvalue weighted by molar-refractivity contribution is 5.93. The van der Waals surface area contributed by atoms with Gasteiger partial charge in [0.05, 0.1) is 13.0 Å². The molecule has 0 saturated heterocycles. The zero-order valence-corrected chi connectivity index (χ0v) is 27.1. The van der Waals surface area contributed by atoms with Gasteiger partial charge in [-0.1, -0.05) is 56.4 Å². The molecule has 3 amide bonds. The molecule has 12 nitrogen and oxygen atoms in total. The number of aromatic nitrogens is 2. The number of nitrogens with zero attached hydrogens (tertiary/aromatic N) is 2. The van der Waals surface area contributed by atoms with E-state index in [9.17, 15) is 29.4 Å². The largest absolute Gasteiger partial charge is 0.480 e. The number of aliphatic hydroxyl groups is 1. The monoisotopic (exact) mass is 640 g/mol. The molecule has 2 aromatic rings. The number of rotatable bonds is 20. The van der Waals surface area contributed by atoms with Gasteiger partial charge in [-0.3, -0.25) is 14.4 Å². The lowest BCUT2D eigenvalue weighted by molar-refractivity contribution is -0.143. The fourth-order valence-electron chi connectivity index (χ4n) is 5.98. The van der Waals surface area contributed by atoms with Crippen LogP contribution in [0.5, 0.6) is 0 Å². The minimum Gasteiger partial charge on any atom is -0.480 e. The first-order valence-electron chi connectivity index (χ1n) is 16.7. The van der Waals surface area contributed by atoms with E-state index >= 15 is 0 Å². The number of aryl methyl sites for hydroxylation is 3. The average molecular weight is 641 g/mol. The van der Waals surface area contributed by atoms with Crippen LogP contribution in [0.4, 0.5) is 0 Å². The van der Waals surface area contributed by atoms with Crippen molar-refractivity contribution in [2.45, 2.75) is 115 Å². The molecule has 0 aliphatic heterocycles. The van der Waals surface area contributed by atoms with E-state index in [1.165, 1.54) is 5.56 Å². The van der Waals surface area contributed by atoms with Crippen molar-refractivity contribution < 1.29 is 29.4 Å². The fourth-order valence-corrected chi connectivity index (χ4v) is 5.98. The first kappa shape index (κ1) is 36.7. The van der Waals surface area contributed by atoms with Gasteiger partial charge in [-0.15, -0.1) is 0 Å². The topological polar surface area (TPSA) is 189 Å². The number of hydrogen-bond donors (Lipinski definition) is 6. The van der Waals surface area contributed by atoms with E-state index in [0.29, 0.717) is 25.8 Å². The molecular weight excluding hydrogens is 588 g/mol. The van der Waals surface area contributed by atoms with E-state index in [4.69, 9.17) is 5.73 Å². The van der Waals surface area contributed by atoms with Crippen LogP contribution in [0.3, 0.4) is 0 Å². The number of carboxylic acids is 1. The van der Waals surface area contributed by atoms with E-state index < -0.39 is 48.4 Å². The molecule has 1 aromatic heterocycles. The number of carbonyl (C=O) groups excluding carboxylic acids is 3. The second kappa shape index (κ2) is 19.7.